The number of hydrogen-bond acceptors (Lipinski definition) is 37. The van der Waals surface area contributed by atoms with Crippen molar-refractivity contribution in [1.29, 1.82) is 0 Å². The molecule has 9 rings (SSSR count). The zero-order valence-electron chi connectivity index (χ0n) is 91.5. The first-order valence-electron chi connectivity index (χ1n) is 49.0. The van der Waals surface area contributed by atoms with E-state index in [-0.39, 0.29) is 136 Å². The Morgan fingerprint density at radius 3 is 1.00 bits per heavy atom. The molecule has 0 aliphatic carbocycles. The van der Waals surface area contributed by atoms with E-state index >= 15 is 0 Å². The number of carbonyl (C=O) groups excluding carboxylic acids is 4. The molecule has 856 valence electrons. The fraction of sp³-hybridized carbons (Fsp3) is 0.750. The highest BCUT2D eigenvalue weighted by molar-refractivity contribution is 7.63. The second-order valence-electron chi connectivity index (χ2n) is 39.9. The van der Waals surface area contributed by atoms with E-state index in [2.05, 4.69) is 66.3 Å². The zero-order chi connectivity index (χ0) is 114. The molecule has 0 saturated carbocycles. The number of ether oxygens (including phenoxy) is 16. The molecule has 6 N–H and O–H groups in total. The number of aryl methyl sites for hydroxylation is 4. The molecule has 1 unspecified atom stereocenters. The molecule has 0 bridgehead atoms. The Kier molecular flexibility index (Phi) is 60.4. The standard InChI is InChI=1S/C26H46N4O8P2.C22H35N2O10P.C21H33N2O10P.C17H29N2O7P.C5H6O2.C4H10.CH2Cl2/c1-17(2)30(18(3)4)39(36-12-11-27-7)38-22-21(20(6)16-40(9,10)33)37-25(23(22)35-14-13-34-8)29-15-19(5)24(31)28-26(29)32;1-13-11-24(22(28)23-20(13)27)21-19(32-10-9-30-3)18(33-16(26)8-7-15(25)31-4)17(34-21)14(2)12-35(5,6)29;1-12-10-23(21(28)22-19(12)27)20-18(31-9-8-30-3)17(32-15(26)7-6-14(24)25)16(33-20)13(2)11-34(4,5)29;1-10-8-19(17(22)18-15(10)21)16-14(25-7-6-24-3)12(20)13(26-16)11(2)9-27(4,5)23;1-4-2-3-5(6)7-4;1-4(2)3;2-1-3/h15,17-18,20-23,25H,11-14,16H2,1-6,8-10H3,(H,28,31,32);11,14,17-19,21H,7-10,12H2,1-6H3,(H,23,27,28);10,13,16-18,20H,6-9,11H2,1-5H3,(H,24,25)(H,22,27,28);8,11-14,16,20H,6-7,9H2,1-5H3,(H,18,21,22);1-3H2;4H,1-3H3;1H2/t20-,21+,22+,23+,25+,39?;14-,17+,18+,19+,21+;13-,16+,17+,18+,20+;11-,12+,13+,14+,16+;;;/m0000.../s1. The van der Waals surface area contributed by atoms with Crippen LogP contribution < -0.4 is 45.0 Å². The van der Waals surface area contributed by atoms with Gasteiger partial charge in [-0.2, -0.15) is 0 Å². The first-order valence-corrected chi connectivity index (χ1v) is 62.3. The van der Waals surface area contributed by atoms with Crippen molar-refractivity contribution in [1.82, 2.24) is 42.9 Å². The van der Waals surface area contributed by atoms with E-state index < -0.39 is 211 Å². The van der Waals surface area contributed by atoms with Gasteiger partial charge >= 0.3 is 52.6 Å². The number of rotatable bonds is 48. The summed E-state index contributed by atoms with van der Waals surface area (Å²) in [6.45, 7) is 54.4. The van der Waals surface area contributed by atoms with Crippen molar-refractivity contribution in [3.8, 4) is 0 Å². The molecule has 5 fully saturated rings. The van der Waals surface area contributed by atoms with Gasteiger partial charge in [0, 0.05) is 119 Å². The van der Waals surface area contributed by atoms with Crippen LogP contribution in [0.2, 0.25) is 0 Å². The van der Waals surface area contributed by atoms with E-state index in [9.17, 15) is 85.7 Å². The molecule has 5 saturated heterocycles. The predicted molar refractivity (Wildman–Crippen MR) is 567 cm³/mol. The Hall–Kier alpha value is -7.41. The van der Waals surface area contributed by atoms with Crippen LogP contribution in [0.1, 0.15) is 162 Å². The Labute approximate surface area is 886 Å². The normalized spacial score (nSPS) is 23.1. The molecule has 150 heavy (non-hydrogen) atoms. The number of nitrogens with one attached hydrogen (secondary N) is 4. The number of nitrogens with zero attached hydrogens (tertiary/aromatic N) is 6. The minimum atomic E-state index is -2.50. The Morgan fingerprint density at radius 1 is 0.453 bits per heavy atom. The van der Waals surface area contributed by atoms with E-state index in [1.165, 1.54) is 73.9 Å². The molecule has 0 aromatic carbocycles. The number of allylic oxidation sites excluding steroid dienone is 1. The number of aliphatic hydroxyl groups is 1. The number of carboxylic acid groups (broad SMARTS) is 1. The Morgan fingerprint density at radius 2 is 0.733 bits per heavy atom. The minimum absolute atomic E-state index is 0.0665. The second kappa shape index (κ2) is 66.2. The molecule has 47 nitrogen and oxygen atoms in total. The third kappa shape index (κ3) is 46.5. The molecule has 21 atom stereocenters. The molecule has 5 aliphatic rings. The SMILES string of the molecule is C=C1CCC(=O)O1.CC(C)C.COCCO[C@@H]1[C@H](O)[C@@H]([C@@H](C)CP(C)(C)=O)O[C@H]1n1cc(C)c(=O)[nH]c1=O.COCCO[C@@H]1[C@H](OC(=O)CCC(=O)O)[C@@H]([C@@H](C)CP(C)(C)=O)O[C@H]1n1cc(C)c(=O)[nH]c1=O.COCCO[C@@H]1[C@H](OC(=O)CCC(=O)OC)[C@@H]([C@@H](C)CP(C)(C)=O)O[C@H]1n1cc(C)c(=O)[nH]c1=O.ClCCl.[C-]#[N+]CCOP(O[C@H]1[C@@H](OCCOC)[C@H](n2cc(C)c(=O)[nH]c2=O)O[C@@H]1[C@@H](C)CP(C)(C)=O)N(C(C)C)C(C)C. The molecule has 4 aromatic heterocycles. The number of aliphatic carboxylic acids is 1. The summed E-state index contributed by atoms with van der Waals surface area (Å²) in [5.41, 5.74) is -3.54. The van der Waals surface area contributed by atoms with Gasteiger partial charge in [-0.1, -0.05) is 55.0 Å². The lowest BCUT2D eigenvalue weighted by atomic mass is 9.99. The maximum absolute atomic E-state index is 13.0. The summed E-state index contributed by atoms with van der Waals surface area (Å²) in [6.07, 6.45) is -7.16. The summed E-state index contributed by atoms with van der Waals surface area (Å²) >= 11 is 9.53. The van der Waals surface area contributed by atoms with E-state index in [0.717, 1.165) is 10.5 Å². The molecule has 0 spiro atoms. The average molecular weight is 2270 g/mol. The van der Waals surface area contributed by atoms with Gasteiger partial charge in [-0.15, -0.1) is 23.2 Å². The van der Waals surface area contributed by atoms with Gasteiger partial charge in [0.1, 0.15) is 61.2 Å². The van der Waals surface area contributed by atoms with Gasteiger partial charge in [-0.25, -0.2) is 30.4 Å². The number of carboxylic acids is 1. The maximum atomic E-state index is 13.0. The van der Waals surface area contributed by atoms with E-state index in [1.807, 2.05) is 48.5 Å². The van der Waals surface area contributed by atoms with Crippen LogP contribution in [0, 0.1) is 63.9 Å². The summed E-state index contributed by atoms with van der Waals surface area (Å²) < 4.78 is 160. The summed E-state index contributed by atoms with van der Waals surface area (Å²) in [5, 5.41) is 19.9. The van der Waals surface area contributed by atoms with Crippen molar-refractivity contribution in [3.63, 3.8) is 0 Å². The van der Waals surface area contributed by atoms with Crippen LogP contribution in [-0.4, -0.2) is 353 Å². The minimum Gasteiger partial charge on any atom is -0.481 e. The Bertz CT molecular complexity index is 5660. The number of hydrogen-bond donors (Lipinski definition) is 6. The summed E-state index contributed by atoms with van der Waals surface area (Å²) in [7, 11) is -4.15. The van der Waals surface area contributed by atoms with Crippen LogP contribution in [0.25, 0.3) is 4.85 Å². The van der Waals surface area contributed by atoms with Crippen LogP contribution >= 0.6 is 60.3 Å². The highest BCUT2D eigenvalue weighted by Gasteiger charge is 2.56. The van der Waals surface area contributed by atoms with Crippen LogP contribution in [0.15, 0.2) is 75.5 Å². The maximum Gasteiger partial charge on any atom is 0.330 e. The smallest absolute Gasteiger partial charge is 0.330 e. The van der Waals surface area contributed by atoms with Gasteiger partial charge in [0.25, 0.3) is 30.8 Å². The van der Waals surface area contributed by atoms with Crippen LogP contribution in [0.5, 0.6) is 0 Å². The van der Waals surface area contributed by atoms with Crippen molar-refractivity contribution in [3.05, 3.63) is 154 Å². The fourth-order valence-electron chi connectivity index (χ4n) is 16.7. The molecule has 5 aliphatic heterocycles. The lowest BCUT2D eigenvalue weighted by Gasteiger charge is -2.38. The quantitative estimate of drug-likeness (QED) is 0.00598. The van der Waals surface area contributed by atoms with Gasteiger partial charge < -0.3 is 118 Å². The highest BCUT2D eigenvalue weighted by atomic mass is 35.5. The number of halogens is 2. The van der Waals surface area contributed by atoms with Crippen LogP contribution in [0.4, 0.5) is 0 Å². The fourth-order valence-corrected chi connectivity index (χ4v) is 24.8. The first kappa shape index (κ1) is 137. The highest BCUT2D eigenvalue weighted by Crippen LogP contribution is 2.54. The second-order valence-corrected chi connectivity index (χ2v) is 56.2. The van der Waals surface area contributed by atoms with Gasteiger partial charge in [0.2, 0.25) is 6.54 Å². The van der Waals surface area contributed by atoms with Crippen molar-refractivity contribution in [2.45, 2.75) is 253 Å². The van der Waals surface area contributed by atoms with Crippen LogP contribution in [0.3, 0.4) is 0 Å². The largest absolute Gasteiger partial charge is 0.481 e. The molecule has 4 aromatic rings. The number of aliphatic hydroxyl groups excluding tert-OH is 1. The van der Waals surface area contributed by atoms with Gasteiger partial charge in [0.05, 0.1) is 138 Å². The Balaban J connectivity index is 0.000000493. The molecular formula is C96H161Cl2N10O37P5. The van der Waals surface area contributed by atoms with Gasteiger partial charge in [-0.3, -0.25) is 81.4 Å². The van der Waals surface area contributed by atoms with E-state index in [4.69, 9.17) is 110 Å². The third-order valence-corrected chi connectivity index (χ3v) is 30.7. The number of cyclic esters (lactones) is 1. The summed E-state index contributed by atoms with van der Waals surface area (Å²) in [6, 6.07) is 0.133. The lowest BCUT2D eigenvalue weighted by Crippen LogP contribution is -2.43. The lowest BCUT2D eigenvalue weighted by molar-refractivity contribution is -0.161. The monoisotopic (exact) mass is 2270 g/mol. The predicted octanol–water partition coefficient (Wildman–Crippen LogP) is 9.72. The number of esters is 4. The summed E-state index contributed by atoms with van der Waals surface area (Å²) in [5.74, 6) is -3.01. The number of aromatic amines is 4. The average Bonchev–Trinajstić information content (AvgIpc) is 1.65. The van der Waals surface area contributed by atoms with Crippen LogP contribution in [-0.2, 0) is 127 Å². The van der Waals surface area contributed by atoms with Crippen molar-refractivity contribution < 1.29 is 137 Å². The number of carbonyl (C=O) groups is 5. The molecule has 9 heterocycles. The molecule has 54 heteroatoms. The molecular weight excluding hydrogens is 2110 g/mol. The molecule has 0 amide bonds. The van der Waals surface area contributed by atoms with E-state index in [0.29, 0.717) is 61.4 Å². The number of aromatic nitrogens is 8. The summed E-state index contributed by atoms with van der Waals surface area (Å²) in [4.78, 5) is 168. The topological polar surface area (TPSA) is 587 Å². The van der Waals surface area contributed by atoms with E-state index in [1.54, 1.807) is 88.1 Å². The van der Waals surface area contributed by atoms with Crippen molar-refractivity contribution in [2.24, 2.45) is 29.6 Å². The number of H-pyrrole nitrogens is 4. The first-order chi connectivity index (χ1) is 69.9. The van der Waals surface area contributed by atoms with Crippen molar-refractivity contribution >= 4 is 90.1 Å². The van der Waals surface area contributed by atoms with Gasteiger partial charge in [0.15, 0.2) is 37.1 Å². The van der Waals surface area contributed by atoms with Crippen molar-refractivity contribution in [2.75, 3.05) is 185 Å². The number of alkyl halides is 2. The third-order valence-electron chi connectivity index (χ3n) is 22.7. The number of methoxy groups -OCH3 is 5. The zero-order valence-corrected chi connectivity index (χ0v) is 97.5. The molecule has 0 radical (unpaired) electrons. The van der Waals surface area contributed by atoms with Gasteiger partial charge in [-0.05, 0) is 138 Å².